The molecule has 1 aliphatic rings. The smallest absolute Gasteiger partial charge is 0.0437 e. The molecule has 1 aromatic carbocycles. The molecule has 88 valence electrons. The molecule has 1 aliphatic heterocycles. The molecule has 1 heterocycles. The van der Waals surface area contributed by atoms with Crippen molar-refractivity contribution in [2.45, 2.75) is 45.1 Å². The fourth-order valence-electron chi connectivity index (χ4n) is 2.96. The summed E-state index contributed by atoms with van der Waals surface area (Å²) in [5, 5.41) is 3.78. The molecular weight excluding hydrogens is 194 g/mol. The lowest BCUT2D eigenvalue weighted by molar-refractivity contribution is 0.214. The number of hydrogen-bond acceptors (Lipinski definition) is 1. The number of piperidine rings is 1. The maximum absolute atomic E-state index is 3.78. The van der Waals surface area contributed by atoms with E-state index in [9.17, 15) is 0 Å². The fourth-order valence-corrected chi connectivity index (χ4v) is 2.96. The molecule has 0 saturated carbocycles. The van der Waals surface area contributed by atoms with Crippen molar-refractivity contribution >= 4 is 0 Å². The Bertz CT molecular complexity index is 309. The molecule has 1 atom stereocenters. The van der Waals surface area contributed by atoms with Crippen LogP contribution in [0.1, 0.15) is 45.1 Å². The van der Waals surface area contributed by atoms with Crippen molar-refractivity contribution in [1.82, 2.24) is 5.32 Å². The summed E-state index contributed by atoms with van der Waals surface area (Å²) in [7, 11) is 0. The molecule has 0 bridgehead atoms. The van der Waals surface area contributed by atoms with Gasteiger partial charge in [0.15, 0.2) is 0 Å². The Kier molecular flexibility index (Phi) is 3.65. The second-order valence-corrected chi connectivity index (χ2v) is 5.43. The van der Waals surface area contributed by atoms with Crippen LogP contribution in [0.5, 0.6) is 0 Å². The van der Waals surface area contributed by atoms with Gasteiger partial charge < -0.3 is 5.32 Å². The second-order valence-electron chi connectivity index (χ2n) is 5.43. The van der Waals surface area contributed by atoms with Gasteiger partial charge in [0.2, 0.25) is 0 Å². The lowest BCUT2D eigenvalue weighted by atomic mass is 9.77. The van der Waals surface area contributed by atoms with Gasteiger partial charge in [0.05, 0.1) is 0 Å². The van der Waals surface area contributed by atoms with Crippen molar-refractivity contribution in [1.29, 1.82) is 0 Å². The third-order valence-electron chi connectivity index (χ3n) is 3.58. The summed E-state index contributed by atoms with van der Waals surface area (Å²) in [6, 6.07) is 11.0. The van der Waals surface area contributed by atoms with E-state index >= 15 is 0 Å². The molecule has 2 rings (SSSR count). The van der Waals surface area contributed by atoms with Gasteiger partial charge in [0.25, 0.3) is 0 Å². The number of hydrogen-bond donors (Lipinski definition) is 1. The van der Waals surface area contributed by atoms with E-state index < -0.39 is 0 Å². The highest BCUT2D eigenvalue weighted by atomic mass is 15.0. The van der Waals surface area contributed by atoms with Crippen LogP contribution in [0.4, 0.5) is 0 Å². The van der Waals surface area contributed by atoms with Gasteiger partial charge in [0, 0.05) is 5.54 Å². The number of benzene rings is 1. The quantitative estimate of drug-likeness (QED) is 0.814. The lowest BCUT2D eigenvalue weighted by Crippen LogP contribution is -2.46. The fraction of sp³-hybridized carbons (Fsp3) is 0.600. The third-order valence-corrected chi connectivity index (χ3v) is 3.58. The van der Waals surface area contributed by atoms with E-state index in [1.54, 1.807) is 0 Å². The number of nitrogens with one attached hydrogen (secondary N) is 1. The average Bonchev–Trinajstić information content (AvgIpc) is 2.30. The molecule has 0 radical (unpaired) electrons. The van der Waals surface area contributed by atoms with Gasteiger partial charge in [-0.15, -0.1) is 0 Å². The van der Waals surface area contributed by atoms with Crippen LogP contribution in [-0.4, -0.2) is 6.54 Å². The van der Waals surface area contributed by atoms with Crippen LogP contribution >= 0.6 is 0 Å². The Morgan fingerprint density at radius 1 is 1.19 bits per heavy atom. The van der Waals surface area contributed by atoms with Gasteiger partial charge in [-0.05, 0) is 37.3 Å². The Morgan fingerprint density at radius 2 is 1.94 bits per heavy atom. The van der Waals surface area contributed by atoms with Crippen molar-refractivity contribution in [3.05, 3.63) is 35.9 Å². The van der Waals surface area contributed by atoms with Gasteiger partial charge in [0.1, 0.15) is 0 Å². The van der Waals surface area contributed by atoms with Crippen LogP contribution in [-0.2, 0) is 5.54 Å². The van der Waals surface area contributed by atoms with E-state index in [4.69, 9.17) is 0 Å². The monoisotopic (exact) mass is 217 g/mol. The minimum absolute atomic E-state index is 0.244. The molecule has 0 aromatic heterocycles. The lowest BCUT2D eigenvalue weighted by Gasteiger charge is -2.40. The molecule has 1 aromatic rings. The highest BCUT2D eigenvalue weighted by Crippen LogP contribution is 2.35. The highest BCUT2D eigenvalue weighted by Gasteiger charge is 2.33. The Morgan fingerprint density at radius 3 is 2.50 bits per heavy atom. The summed E-state index contributed by atoms with van der Waals surface area (Å²) >= 11 is 0. The first-order valence-electron chi connectivity index (χ1n) is 6.53. The predicted molar refractivity (Wildman–Crippen MR) is 69.4 cm³/mol. The molecule has 0 amide bonds. The molecule has 1 heteroatoms. The van der Waals surface area contributed by atoms with Crippen molar-refractivity contribution in [3.63, 3.8) is 0 Å². The first-order chi connectivity index (χ1) is 7.73. The van der Waals surface area contributed by atoms with Gasteiger partial charge in [-0.25, -0.2) is 0 Å². The van der Waals surface area contributed by atoms with Crippen molar-refractivity contribution in [3.8, 4) is 0 Å². The summed E-state index contributed by atoms with van der Waals surface area (Å²) in [5.74, 6) is 0.741. The van der Waals surface area contributed by atoms with E-state index in [1.807, 2.05) is 0 Å². The van der Waals surface area contributed by atoms with Crippen molar-refractivity contribution in [2.75, 3.05) is 6.54 Å². The van der Waals surface area contributed by atoms with E-state index in [0.29, 0.717) is 0 Å². The van der Waals surface area contributed by atoms with Crippen molar-refractivity contribution < 1.29 is 0 Å². The summed E-state index contributed by atoms with van der Waals surface area (Å²) in [4.78, 5) is 0. The Balaban J connectivity index is 2.26. The maximum atomic E-state index is 3.78. The van der Waals surface area contributed by atoms with Crippen LogP contribution < -0.4 is 5.32 Å². The normalized spacial score (nSPS) is 25.9. The largest absolute Gasteiger partial charge is 0.307 e. The zero-order chi connectivity index (χ0) is 11.4. The zero-order valence-electron chi connectivity index (χ0n) is 10.5. The Labute approximate surface area is 99.3 Å². The summed E-state index contributed by atoms with van der Waals surface area (Å²) < 4.78 is 0. The zero-order valence-corrected chi connectivity index (χ0v) is 10.5. The molecular formula is C15H23N. The molecule has 0 spiro atoms. The molecule has 1 nitrogen and oxygen atoms in total. The molecule has 1 unspecified atom stereocenters. The molecule has 1 fully saturated rings. The Hall–Kier alpha value is -0.820. The molecule has 1 N–H and O–H groups in total. The van der Waals surface area contributed by atoms with E-state index in [2.05, 4.69) is 49.5 Å². The second kappa shape index (κ2) is 5.01. The summed E-state index contributed by atoms with van der Waals surface area (Å²) in [6.45, 7) is 5.81. The molecule has 1 saturated heterocycles. The first-order valence-corrected chi connectivity index (χ1v) is 6.53. The summed E-state index contributed by atoms with van der Waals surface area (Å²) in [6.07, 6.45) is 5.22. The minimum atomic E-state index is 0.244. The molecule has 0 aliphatic carbocycles. The number of rotatable bonds is 3. The van der Waals surface area contributed by atoms with Crippen molar-refractivity contribution in [2.24, 2.45) is 5.92 Å². The van der Waals surface area contributed by atoms with Crippen LogP contribution in [0, 0.1) is 5.92 Å². The van der Waals surface area contributed by atoms with Gasteiger partial charge in [-0.1, -0.05) is 50.6 Å². The maximum Gasteiger partial charge on any atom is 0.0437 e. The van der Waals surface area contributed by atoms with E-state index in [-0.39, 0.29) is 5.54 Å². The van der Waals surface area contributed by atoms with Crippen LogP contribution in [0.15, 0.2) is 30.3 Å². The van der Waals surface area contributed by atoms with Crippen LogP contribution in [0.2, 0.25) is 0 Å². The van der Waals surface area contributed by atoms with E-state index in [0.717, 1.165) is 5.92 Å². The van der Waals surface area contributed by atoms with Gasteiger partial charge in [-0.3, -0.25) is 0 Å². The van der Waals surface area contributed by atoms with Gasteiger partial charge >= 0.3 is 0 Å². The highest BCUT2D eigenvalue weighted by molar-refractivity contribution is 5.25. The van der Waals surface area contributed by atoms with Crippen LogP contribution in [0.25, 0.3) is 0 Å². The van der Waals surface area contributed by atoms with Gasteiger partial charge in [-0.2, -0.15) is 0 Å². The molecule has 16 heavy (non-hydrogen) atoms. The average molecular weight is 217 g/mol. The van der Waals surface area contributed by atoms with Crippen LogP contribution in [0.3, 0.4) is 0 Å². The first kappa shape index (κ1) is 11.7. The minimum Gasteiger partial charge on any atom is -0.307 e. The topological polar surface area (TPSA) is 12.0 Å². The van der Waals surface area contributed by atoms with E-state index in [1.165, 1.54) is 37.8 Å². The standard InChI is InChI=1S/C15H23N/c1-13(2)12-15(10-6-7-11-16-15)14-8-4-3-5-9-14/h3-5,8-9,13,16H,6-7,10-12H2,1-2H3. The predicted octanol–water partition coefficient (Wildman–Crippen LogP) is 3.70. The summed E-state index contributed by atoms with van der Waals surface area (Å²) in [5.41, 5.74) is 1.72. The third kappa shape index (κ3) is 2.46. The SMILES string of the molecule is CC(C)CC1(c2ccccc2)CCCCN1.